The van der Waals surface area contributed by atoms with E-state index in [0.717, 1.165) is 0 Å². The number of hydrogen-bond acceptors (Lipinski definition) is 2. The van der Waals surface area contributed by atoms with Crippen molar-refractivity contribution in [2.75, 3.05) is 0 Å². The van der Waals surface area contributed by atoms with Gasteiger partial charge in [0.2, 0.25) is 0 Å². The Labute approximate surface area is 85.4 Å². The second-order valence-electron chi connectivity index (χ2n) is 3.09. The average molecular weight is 246 g/mol. The first kappa shape index (κ1) is 10.2. The molecule has 0 aliphatic heterocycles. The molecular formula is C8H12BrN3O. The summed E-state index contributed by atoms with van der Waals surface area (Å²) in [6, 6.07) is 0.134. The molecule has 0 saturated carbocycles. The van der Waals surface area contributed by atoms with Gasteiger partial charge in [0, 0.05) is 13.1 Å². The topological polar surface area (TPSA) is 46.9 Å². The maximum absolute atomic E-state index is 11.6. The van der Waals surface area contributed by atoms with E-state index in [0.29, 0.717) is 10.2 Å². The number of aryl methyl sites for hydroxylation is 1. The van der Waals surface area contributed by atoms with Crippen molar-refractivity contribution in [3.63, 3.8) is 0 Å². The Morgan fingerprint density at radius 3 is 2.69 bits per heavy atom. The fourth-order valence-electron chi connectivity index (χ4n) is 0.997. The molecule has 4 nitrogen and oxygen atoms in total. The molecule has 0 saturated heterocycles. The quantitative estimate of drug-likeness (QED) is 0.855. The van der Waals surface area contributed by atoms with Gasteiger partial charge in [0.15, 0.2) is 0 Å². The van der Waals surface area contributed by atoms with Crippen LogP contribution in [0.15, 0.2) is 10.7 Å². The molecule has 1 N–H and O–H groups in total. The molecule has 0 unspecified atom stereocenters. The summed E-state index contributed by atoms with van der Waals surface area (Å²) < 4.78 is 2.26. The molecule has 0 spiro atoms. The van der Waals surface area contributed by atoms with Crippen LogP contribution >= 0.6 is 15.9 Å². The molecule has 1 amide bonds. The van der Waals surface area contributed by atoms with Crippen LogP contribution in [0.4, 0.5) is 0 Å². The molecule has 0 atom stereocenters. The van der Waals surface area contributed by atoms with E-state index in [-0.39, 0.29) is 11.9 Å². The highest BCUT2D eigenvalue weighted by Crippen LogP contribution is 2.14. The van der Waals surface area contributed by atoms with Gasteiger partial charge < -0.3 is 5.32 Å². The van der Waals surface area contributed by atoms with Gasteiger partial charge >= 0.3 is 0 Å². The number of carbonyl (C=O) groups is 1. The predicted molar refractivity (Wildman–Crippen MR) is 53.5 cm³/mol. The van der Waals surface area contributed by atoms with E-state index in [1.54, 1.807) is 17.9 Å². The first-order valence-corrected chi connectivity index (χ1v) is 4.80. The zero-order chi connectivity index (χ0) is 10.0. The number of rotatable bonds is 2. The molecule has 1 rings (SSSR count). The molecule has 0 bridgehead atoms. The summed E-state index contributed by atoms with van der Waals surface area (Å²) in [4.78, 5) is 11.6. The maximum Gasteiger partial charge on any atom is 0.270 e. The first-order chi connectivity index (χ1) is 6.02. The number of nitrogens with zero attached hydrogens (tertiary/aromatic N) is 2. The fraction of sp³-hybridized carbons (Fsp3) is 0.500. The minimum atomic E-state index is -0.109. The van der Waals surface area contributed by atoms with Gasteiger partial charge in [-0.25, -0.2) is 0 Å². The van der Waals surface area contributed by atoms with Gasteiger partial charge in [-0.1, -0.05) is 0 Å². The molecule has 5 heteroatoms. The molecule has 0 aliphatic rings. The van der Waals surface area contributed by atoms with Crippen LogP contribution in [-0.4, -0.2) is 21.7 Å². The van der Waals surface area contributed by atoms with Crippen LogP contribution in [0.2, 0.25) is 0 Å². The van der Waals surface area contributed by atoms with Gasteiger partial charge in [-0.15, -0.1) is 0 Å². The summed E-state index contributed by atoms with van der Waals surface area (Å²) in [6.45, 7) is 3.84. The third kappa shape index (κ3) is 2.30. The lowest BCUT2D eigenvalue weighted by Crippen LogP contribution is -2.31. The van der Waals surface area contributed by atoms with Crippen LogP contribution in [0.5, 0.6) is 0 Å². The summed E-state index contributed by atoms with van der Waals surface area (Å²) in [5.41, 5.74) is 0.550. The van der Waals surface area contributed by atoms with Gasteiger partial charge in [0.25, 0.3) is 5.91 Å². The molecule has 0 fully saturated rings. The summed E-state index contributed by atoms with van der Waals surface area (Å²) >= 11 is 3.26. The maximum atomic E-state index is 11.6. The predicted octanol–water partition coefficient (Wildman–Crippen LogP) is 1.32. The fourth-order valence-corrected chi connectivity index (χ4v) is 1.52. The van der Waals surface area contributed by atoms with E-state index in [9.17, 15) is 4.79 Å². The minimum absolute atomic E-state index is 0.109. The second kappa shape index (κ2) is 3.91. The van der Waals surface area contributed by atoms with Gasteiger partial charge in [-0.05, 0) is 29.8 Å². The summed E-state index contributed by atoms with van der Waals surface area (Å²) in [5.74, 6) is -0.109. The molecule has 1 aromatic heterocycles. The molecule has 0 aromatic carbocycles. The standard InChI is InChI=1S/C8H12BrN3O/c1-5(2)11-8(13)7-6(9)4-10-12(7)3/h4-5H,1-3H3,(H,11,13). The van der Waals surface area contributed by atoms with E-state index >= 15 is 0 Å². The SMILES string of the molecule is CC(C)NC(=O)c1c(Br)cnn1C. The number of carbonyl (C=O) groups excluding carboxylic acids is 1. The van der Waals surface area contributed by atoms with Gasteiger partial charge in [-0.2, -0.15) is 5.10 Å². The summed E-state index contributed by atoms with van der Waals surface area (Å²) in [5, 5.41) is 6.75. The molecule has 13 heavy (non-hydrogen) atoms. The van der Waals surface area contributed by atoms with Gasteiger partial charge in [0.1, 0.15) is 5.69 Å². The second-order valence-corrected chi connectivity index (χ2v) is 3.95. The number of nitrogens with one attached hydrogen (secondary N) is 1. The Bertz CT molecular complexity index is 300. The van der Waals surface area contributed by atoms with Crippen molar-refractivity contribution < 1.29 is 4.79 Å². The zero-order valence-electron chi connectivity index (χ0n) is 7.84. The average Bonchev–Trinajstić information content (AvgIpc) is 2.29. The van der Waals surface area contributed by atoms with Crippen molar-refractivity contribution in [2.45, 2.75) is 19.9 Å². The van der Waals surface area contributed by atoms with Crippen molar-refractivity contribution in [1.29, 1.82) is 0 Å². The van der Waals surface area contributed by atoms with E-state index in [4.69, 9.17) is 0 Å². The molecule has 72 valence electrons. The number of halogens is 1. The minimum Gasteiger partial charge on any atom is -0.349 e. The third-order valence-corrected chi connectivity index (χ3v) is 2.11. The Morgan fingerprint density at radius 1 is 1.69 bits per heavy atom. The van der Waals surface area contributed by atoms with Crippen molar-refractivity contribution in [3.05, 3.63) is 16.4 Å². The first-order valence-electron chi connectivity index (χ1n) is 4.00. The summed E-state index contributed by atoms with van der Waals surface area (Å²) in [7, 11) is 1.74. The van der Waals surface area contributed by atoms with Crippen molar-refractivity contribution in [3.8, 4) is 0 Å². The normalized spacial score (nSPS) is 10.5. The monoisotopic (exact) mass is 245 g/mol. The Kier molecular flexibility index (Phi) is 3.08. The van der Waals surface area contributed by atoms with Crippen LogP contribution in [-0.2, 0) is 7.05 Å². The van der Waals surface area contributed by atoms with Crippen LogP contribution in [0.25, 0.3) is 0 Å². The molecule has 1 aromatic rings. The molecule has 0 radical (unpaired) electrons. The van der Waals surface area contributed by atoms with E-state index in [2.05, 4.69) is 26.3 Å². The summed E-state index contributed by atoms with van der Waals surface area (Å²) in [6.07, 6.45) is 1.61. The highest BCUT2D eigenvalue weighted by Gasteiger charge is 2.15. The highest BCUT2D eigenvalue weighted by atomic mass is 79.9. The third-order valence-electron chi connectivity index (χ3n) is 1.53. The van der Waals surface area contributed by atoms with Crippen molar-refractivity contribution in [1.82, 2.24) is 15.1 Å². The molecule has 1 heterocycles. The smallest absolute Gasteiger partial charge is 0.270 e. The van der Waals surface area contributed by atoms with E-state index < -0.39 is 0 Å². The number of amides is 1. The molecule has 0 aliphatic carbocycles. The van der Waals surface area contributed by atoms with E-state index in [1.165, 1.54) is 0 Å². The van der Waals surface area contributed by atoms with Gasteiger partial charge in [-0.3, -0.25) is 9.48 Å². The largest absolute Gasteiger partial charge is 0.349 e. The molecular weight excluding hydrogens is 234 g/mol. The lowest BCUT2D eigenvalue weighted by Gasteiger charge is -2.08. The van der Waals surface area contributed by atoms with Crippen LogP contribution in [0, 0.1) is 0 Å². The van der Waals surface area contributed by atoms with Crippen molar-refractivity contribution in [2.24, 2.45) is 7.05 Å². The zero-order valence-corrected chi connectivity index (χ0v) is 9.42. The highest BCUT2D eigenvalue weighted by molar-refractivity contribution is 9.10. The Morgan fingerprint density at radius 2 is 2.31 bits per heavy atom. The van der Waals surface area contributed by atoms with Crippen LogP contribution in [0.1, 0.15) is 24.3 Å². The van der Waals surface area contributed by atoms with Crippen molar-refractivity contribution >= 4 is 21.8 Å². The van der Waals surface area contributed by atoms with Crippen LogP contribution < -0.4 is 5.32 Å². The Balaban J connectivity index is 2.88. The number of aromatic nitrogens is 2. The van der Waals surface area contributed by atoms with Crippen LogP contribution in [0.3, 0.4) is 0 Å². The lowest BCUT2D eigenvalue weighted by molar-refractivity contribution is 0.0933. The Hall–Kier alpha value is -0.840. The van der Waals surface area contributed by atoms with E-state index in [1.807, 2.05) is 13.8 Å². The van der Waals surface area contributed by atoms with Gasteiger partial charge in [0.05, 0.1) is 10.7 Å². The number of hydrogen-bond donors (Lipinski definition) is 1. The lowest BCUT2D eigenvalue weighted by atomic mass is 10.3.